The van der Waals surface area contributed by atoms with Crippen LogP contribution >= 0.6 is 7.82 Å². The highest BCUT2D eigenvalue weighted by Crippen LogP contribution is 2.69. The topological polar surface area (TPSA) is 181 Å². The normalized spacial score (nSPS) is 29.0. The van der Waals surface area contributed by atoms with Gasteiger partial charge in [-0.3, -0.25) is 14.6 Å². The summed E-state index contributed by atoms with van der Waals surface area (Å²) in [6, 6.07) is -0.747. The number of ether oxygens (including phenoxy) is 4. The largest absolute Gasteiger partial charge is 0.524 e. The Morgan fingerprint density at radius 2 is 1.75 bits per heavy atom. The minimum Gasteiger partial charge on any atom is -0.482 e. The number of nitrogens with one attached hydrogen (secondary N) is 1. The highest BCUT2D eigenvalue weighted by Gasteiger charge is 2.79. The predicted molar refractivity (Wildman–Crippen MR) is 214 cm³/mol. The van der Waals surface area contributed by atoms with E-state index in [4.69, 9.17) is 23.5 Å². The van der Waals surface area contributed by atoms with E-state index in [9.17, 15) is 19.1 Å². The maximum atomic E-state index is 15.4. The third-order valence-corrected chi connectivity index (χ3v) is 12.7. The Labute approximate surface area is 333 Å². The van der Waals surface area contributed by atoms with Crippen LogP contribution in [0.5, 0.6) is 17.2 Å². The Kier molecular flexibility index (Phi) is 9.87. The molecule has 1 aromatic heterocycles. The molecule has 5 heterocycles. The molecular weight excluding hydrogens is 751 g/mol. The Morgan fingerprint density at radius 1 is 1.05 bits per heavy atom. The molecule has 3 N–H and O–H groups in total. The maximum Gasteiger partial charge on any atom is 0.524 e. The molecule has 1 saturated heterocycles. The summed E-state index contributed by atoms with van der Waals surface area (Å²) < 4.78 is 47.0. The second-order valence-corrected chi connectivity index (χ2v) is 18.3. The molecule has 1 saturated carbocycles. The zero-order valence-electron chi connectivity index (χ0n) is 34.5. The molecule has 0 radical (unpaired) electrons. The van der Waals surface area contributed by atoms with Gasteiger partial charge in [0, 0.05) is 35.0 Å². The van der Waals surface area contributed by atoms with Crippen LogP contribution < -0.4 is 19.3 Å². The van der Waals surface area contributed by atoms with Crippen LogP contribution in [0.25, 0.3) is 11.8 Å². The van der Waals surface area contributed by atoms with Gasteiger partial charge in [0.2, 0.25) is 5.95 Å². The summed E-state index contributed by atoms with van der Waals surface area (Å²) in [5.41, 5.74) is -0.368. The van der Waals surface area contributed by atoms with Crippen LogP contribution in [0.2, 0.25) is 0 Å². The highest BCUT2D eigenvalue weighted by molar-refractivity contribution is 7.46. The fraction of sp³-hybridized carbons (Fsp3) is 0.524. The van der Waals surface area contributed by atoms with Crippen LogP contribution in [0, 0.1) is 11.8 Å². The van der Waals surface area contributed by atoms with Crippen molar-refractivity contribution in [2.24, 2.45) is 11.8 Å². The number of esters is 1. The molecule has 6 atom stereocenters. The van der Waals surface area contributed by atoms with Crippen molar-refractivity contribution in [3.63, 3.8) is 0 Å². The number of anilines is 1. The lowest BCUT2D eigenvalue weighted by Gasteiger charge is -2.57. The summed E-state index contributed by atoms with van der Waals surface area (Å²) in [7, 11) is -3.92. The number of carbonyl (C=O) groups excluding carboxylic acids is 2. The van der Waals surface area contributed by atoms with Crippen LogP contribution in [-0.2, 0) is 30.0 Å². The minimum absolute atomic E-state index is 0.0460. The average molecular weight is 805 g/mol. The molecule has 0 amide bonds. The predicted octanol–water partition coefficient (Wildman–Crippen LogP) is 7.59. The third-order valence-electron chi connectivity index (χ3n) is 12.3. The SMILES string of the molecule is COC(=O)/C(C)=C\CC12OC(C)(C)C(C)C13Oc1c(CC=C(C)C)c4c(c(OP(=O)(O)O)c1C1=C3C(C(C)C2=O)n2ncnc2N1)C=CC(C)(CCC=C(C)C)O4. The molecule has 4 aliphatic heterocycles. The van der Waals surface area contributed by atoms with E-state index in [1.807, 2.05) is 67.5 Å². The molecule has 57 heavy (non-hydrogen) atoms. The number of methoxy groups -OCH3 is 1. The number of nitrogens with zero attached hydrogens (tertiary/aromatic N) is 3. The molecule has 2 aromatic rings. The van der Waals surface area contributed by atoms with Crippen LogP contribution in [-0.4, -0.2) is 65.8 Å². The number of carbonyl (C=O) groups is 2. The first-order valence-corrected chi connectivity index (χ1v) is 20.9. The van der Waals surface area contributed by atoms with Crippen molar-refractivity contribution in [1.82, 2.24) is 14.8 Å². The quantitative estimate of drug-likeness (QED) is 0.0926. The number of benzene rings is 1. The molecular formula is C42H53N4O10P. The van der Waals surface area contributed by atoms with Crippen molar-refractivity contribution in [2.75, 3.05) is 12.4 Å². The maximum absolute atomic E-state index is 15.4. The van der Waals surface area contributed by atoms with E-state index < -0.39 is 54.1 Å². The summed E-state index contributed by atoms with van der Waals surface area (Å²) in [6.07, 6.45) is 12.5. The van der Waals surface area contributed by atoms with Crippen molar-refractivity contribution in [1.29, 1.82) is 0 Å². The fourth-order valence-electron chi connectivity index (χ4n) is 9.31. The molecule has 6 unspecified atom stereocenters. The fourth-order valence-corrected chi connectivity index (χ4v) is 9.73. The van der Waals surface area contributed by atoms with E-state index in [0.29, 0.717) is 52.5 Å². The molecule has 14 nitrogen and oxygen atoms in total. The van der Waals surface area contributed by atoms with Crippen molar-refractivity contribution in [2.45, 2.75) is 123 Å². The zero-order chi connectivity index (χ0) is 41.6. The Balaban J connectivity index is 1.61. The number of rotatable bonds is 10. The lowest BCUT2D eigenvalue weighted by Crippen LogP contribution is -2.70. The van der Waals surface area contributed by atoms with Gasteiger partial charge in [-0.25, -0.2) is 14.0 Å². The first-order chi connectivity index (χ1) is 26.6. The van der Waals surface area contributed by atoms with Crippen molar-refractivity contribution in [3.05, 3.63) is 69.6 Å². The standard InChI is InChI=1S/C42H53N4O10P/c1-22(2)13-12-18-40(10)19-17-28-33(53-40)27(15-14-23(3)4)34-29(35(28)55-57(49,50)51)31-30-32(46-38(45-31)43-21-44-46)25(6)36(47)41(20-16-24(5)37(48)52-11)42(30,54-34)26(7)39(8,9)56-41/h13-14,16-17,19,21,25-26,32H,12,15,18,20H2,1-11H3,(H,43,44,45)(H2,49,50,51)/b24-16-. The van der Waals surface area contributed by atoms with E-state index >= 15 is 4.79 Å². The van der Waals surface area contributed by atoms with Crippen molar-refractivity contribution < 1.29 is 47.4 Å². The first-order valence-electron chi connectivity index (χ1n) is 19.3. The molecule has 7 rings (SSSR count). The lowest BCUT2D eigenvalue weighted by molar-refractivity contribution is -0.176. The second-order valence-electron chi connectivity index (χ2n) is 17.1. The molecule has 15 heteroatoms. The first kappa shape index (κ1) is 40.7. The van der Waals surface area contributed by atoms with Gasteiger partial charge in [-0.2, -0.15) is 10.1 Å². The van der Waals surface area contributed by atoms with E-state index in [1.165, 1.54) is 19.0 Å². The average Bonchev–Trinajstić information content (AvgIpc) is 3.66. The van der Waals surface area contributed by atoms with Crippen molar-refractivity contribution in [3.8, 4) is 17.2 Å². The molecule has 0 bridgehead atoms. The van der Waals surface area contributed by atoms with E-state index in [2.05, 4.69) is 21.5 Å². The number of hydrogen-bond acceptors (Lipinski definition) is 11. The van der Waals surface area contributed by atoms with Crippen LogP contribution in [0.4, 0.5) is 5.95 Å². The van der Waals surface area contributed by atoms with Crippen LogP contribution in [0.3, 0.4) is 0 Å². The summed E-state index contributed by atoms with van der Waals surface area (Å²) in [4.78, 5) is 53.7. The molecule has 2 fully saturated rings. The summed E-state index contributed by atoms with van der Waals surface area (Å²) in [5.74, 6) is -1.34. The molecule has 1 aliphatic carbocycles. The smallest absolute Gasteiger partial charge is 0.482 e. The molecule has 5 aliphatic rings. The van der Waals surface area contributed by atoms with Crippen LogP contribution in [0.1, 0.15) is 111 Å². The number of Topliss-reactive ketones (excluding diaryl/α,β-unsaturated/α-hetero) is 1. The molecule has 1 aromatic carbocycles. The Hall–Kier alpha value is -4.49. The number of ketones is 1. The van der Waals surface area contributed by atoms with Gasteiger partial charge in [0.15, 0.2) is 22.7 Å². The van der Waals surface area contributed by atoms with Gasteiger partial charge in [-0.05, 0) is 86.8 Å². The van der Waals surface area contributed by atoms with Gasteiger partial charge in [-0.1, -0.05) is 43.2 Å². The highest BCUT2D eigenvalue weighted by atomic mass is 31.2. The van der Waals surface area contributed by atoms with Gasteiger partial charge in [0.25, 0.3) is 0 Å². The van der Waals surface area contributed by atoms with Gasteiger partial charge >= 0.3 is 13.8 Å². The van der Waals surface area contributed by atoms with Gasteiger partial charge in [-0.15, -0.1) is 0 Å². The number of phosphoric acid groups is 1. The zero-order valence-corrected chi connectivity index (χ0v) is 35.4. The van der Waals surface area contributed by atoms with Gasteiger partial charge < -0.3 is 28.8 Å². The van der Waals surface area contributed by atoms with E-state index in [0.717, 1.165) is 12.0 Å². The van der Waals surface area contributed by atoms with E-state index in [-0.39, 0.29) is 29.3 Å². The summed E-state index contributed by atoms with van der Waals surface area (Å²) in [5, 5.41) is 8.03. The minimum atomic E-state index is -5.22. The number of hydrogen-bond donors (Lipinski definition) is 3. The number of aromatic nitrogens is 3. The monoisotopic (exact) mass is 804 g/mol. The lowest BCUT2D eigenvalue weighted by atomic mass is 9.55. The third kappa shape index (κ3) is 6.31. The Morgan fingerprint density at radius 3 is 2.40 bits per heavy atom. The van der Waals surface area contributed by atoms with E-state index in [1.54, 1.807) is 30.7 Å². The molecule has 1 spiro atoms. The Bertz CT molecular complexity index is 2270. The van der Waals surface area contributed by atoms with Crippen molar-refractivity contribution >= 4 is 37.3 Å². The van der Waals surface area contributed by atoms with Gasteiger partial charge in [0.1, 0.15) is 23.4 Å². The number of phosphoric ester groups is 1. The summed E-state index contributed by atoms with van der Waals surface area (Å²) >= 11 is 0. The second kappa shape index (κ2) is 13.8. The van der Waals surface area contributed by atoms with Gasteiger partial charge in [0.05, 0.1) is 35.6 Å². The number of allylic oxidation sites excluding steroid dienone is 4. The number of fused-ring (bicyclic) bond motifs is 5. The summed E-state index contributed by atoms with van der Waals surface area (Å²) in [6.45, 7) is 19.2. The van der Waals surface area contributed by atoms with Crippen LogP contribution in [0.15, 0.2) is 52.9 Å². The molecule has 306 valence electrons.